The van der Waals surface area contributed by atoms with Crippen LogP contribution in [0.15, 0.2) is 29.4 Å². The van der Waals surface area contributed by atoms with Gasteiger partial charge in [-0.05, 0) is 22.0 Å². The SMILES string of the molecule is C=CC1CC(=O)N(c2cc(Br)cnc2C(=O)OC)C1. The van der Waals surface area contributed by atoms with Gasteiger partial charge in [0.2, 0.25) is 5.91 Å². The quantitative estimate of drug-likeness (QED) is 0.631. The number of amides is 1. The zero-order valence-electron chi connectivity index (χ0n) is 10.4. The Hall–Kier alpha value is -1.69. The van der Waals surface area contributed by atoms with E-state index in [2.05, 4.69) is 32.2 Å². The van der Waals surface area contributed by atoms with Gasteiger partial charge in [-0.3, -0.25) is 4.79 Å². The van der Waals surface area contributed by atoms with Crippen molar-refractivity contribution in [1.82, 2.24) is 4.98 Å². The van der Waals surface area contributed by atoms with Crippen LogP contribution in [0.5, 0.6) is 0 Å². The maximum atomic E-state index is 12.0. The van der Waals surface area contributed by atoms with Gasteiger partial charge >= 0.3 is 5.97 Å². The number of methoxy groups -OCH3 is 1. The van der Waals surface area contributed by atoms with Crippen molar-refractivity contribution in [2.75, 3.05) is 18.6 Å². The molecular formula is C13H13BrN2O3. The summed E-state index contributed by atoms with van der Waals surface area (Å²) in [6.07, 6.45) is 3.65. The van der Waals surface area contributed by atoms with Gasteiger partial charge in [0.1, 0.15) is 0 Å². The van der Waals surface area contributed by atoms with E-state index < -0.39 is 5.97 Å². The third-order valence-electron chi connectivity index (χ3n) is 2.99. The fraction of sp³-hybridized carbons (Fsp3) is 0.308. The first-order chi connectivity index (χ1) is 9.06. The lowest BCUT2D eigenvalue weighted by Gasteiger charge is -2.18. The predicted molar refractivity (Wildman–Crippen MR) is 73.9 cm³/mol. The summed E-state index contributed by atoms with van der Waals surface area (Å²) >= 11 is 3.29. The van der Waals surface area contributed by atoms with E-state index in [4.69, 9.17) is 0 Å². The van der Waals surface area contributed by atoms with E-state index in [1.165, 1.54) is 13.3 Å². The number of carbonyl (C=O) groups is 2. The Bertz CT molecular complexity index is 545. The van der Waals surface area contributed by atoms with Gasteiger partial charge < -0.3 is 9.64 Å². The Kier molecular flexibility index (Phi) is 3.99. The second kappa shape index (κ2) is 5.52. The molecule has 5 nitrogen and oxygen atoms in total. The molecule has 1 aliphatic heterocycles. The molecule has 100 valence electrons. The highest BCUT2D eigenvalue weighted by atomic mass is 79.9. The van der Waals surface area contributed by atoms with E-state index in [0.717, 1.165) is 0 Å². The number of nitrogens with zero attached hydrogens (tertiary/aromatic N) is 2. The number of hydrogen-bond donors (Lipinski definition) is 0. The second-order valence-electron chi connectivity index (χ2n) is 4.22. The first-order valence-electron chi connectivity index (χ1n) is 5.73. The molecule has 1 amide bonds. The minimum atomic E-state index is -0.558. The van der Waals surface area contributed by atoms with E-state index in [1.807, 2.05) is 0 Å². The fourth-order valence-electron chi connectivity index (χ4n) is 2.01. The molecule has 2 heterocycles. The highest BCUT2D eigenvalue weighted by Gasteiger charge is 2.32. The second-order valence-corrected chi connectivity index (χ2v) is 5.13. The molecule has 1 atom stereocenters. The van der Waals surface area contributed by atoms with Crippen LogP contribution >= 0.6 is 15.9 Å². The number of carbonyl (C=O) groups excluding carboxylic acids is 2. The van der Waals surface area contributed by atoms with Gasteiger partial charge in [0.05, 0.1) is 12.8 Å². The lowest BCUT2D eigenvalue weighted by Crippen LogP contribution is -2.27. The Morgan fingerprint density at radius 1 is 1.68 bits per heavy atom. The number of anilines is 1. The summed E-state index contributed by atoms with van der Waals surface area (Å²) in [5.74, 6) is -0.510. The first kappa shape index (κ1) is 13.7. The Morgan fingerprint density at radius 3 is 3.00 bits per heavy atom. The van der Waals surface area contributed by atoms with E-state index >= 15 is 0 Å². The molecule has 0 radical (unpaired) electrons. The molecule has 1 aromatic heterocycles. The van der Waals surface area contributed by atoms with Crippen LogP contribution in [0.4, 0.5) is 5.69 Å². The van der Waals surface area contributed by atoms with E-state index in [9.17, 15) is 9.59 Å². The number of halogens is 1. The van der Waals surface area contributed by atoms with Crippen LogP contribution in [0.3, 0.4) is 0 Å². The van der Waals surface area contributed by atoms with Crippen molar-refractivity contribution in [2.24, 2.45) is 5.92 Å². The van der Waals surface area contributed by atoms with E-state index in [-0.39, 0.29) is 17.5 Å². The Morgan fingerprint density at radius 2 is 2.42 bits per heavy atom. The summed E-state index contributed by atoms with van der Waals surface area (Å²) in [5.41, 5.74) is 0.610. The van der Waals surface area contributed by atoms with Gasteiger partial charge in [0.15, 0.2) is 5.69 Å². The van der Waals surface area contributed by atoms with Crippen molar-refractivity contribution < 1.29 is 14.3 Å². The molecule has 1 aliphatic rings. The molecule has 0 saturated carbocycles. The lowest BCUT2D eigenvalue weighted by molar-refractivity contribution is -0.117. The number of aromatic nitrogens is 1. The summed E-state index contributed by atoms with van der Waals surface area (Å²) in [6, 6.07) is 1.70. The van der Waals surface area contributed by atoms with Crippen LogP contribution in [-0.4, -0.2) is 30.5 Å². The van der Waals surface area contributed by atoms with Crippen molar-refractivity contribution >= 4 is 33.5 Å². The molecule has 0 spiro atoms. The van der Waals surface area contributed by atoms with Crippen molar-refractivity contribution in [2.45, 2.75) is 6.42 Å². The number of esters is 1. The van der Waals surface area contributed by atoms with Crippen LogP contribution < -0.4 is 4.90 Å². The summed E-state index contributed by atoms with van der Waals surface area (Å²) < 4.78 is 5.39. The van der Waals surface area contributed by atoms with Gasteiger partial charge in [-0.15, -0.1) is 6.58 Å². The fourth-order valence-corrected chi connectivity index (χ4v) is 2.33. The monoisotopic (exact) mass is 324 g/mol. The summed E-state index contributed by atoms with van der Waals surface area (Å²) in [4.78, 5) is 29.3. The number of rotatable bonds is 3. The standard InChI is InChI=1S/C13H13BrN2O3/c1-3-8-4-11(17)16(7-8)10-5-9(14)6-15-12(10)13(18)19-2/h3,5-6,8H,1,4,7H2,2H3. The van der Waals surface area contributed by atoms with Gasteiger partial charge in [0.25, 0.3) is 0 Å². The number of pyridine rings is 1. The predicted octanol–water partition coefficient (Wildman–Crippen LogP) is 2.17. The molecule has 0 N–H and O–H groups in total. The average Bonchev–Trinajstić information content (AvgIpc) is 2.79. The third-order valence-corrected chi connectivity index (χ3v) is 3.43. The molecular weight excluding hydrogens is 312 g/mol. The topological polar surface area (TPSA) is 59.5 Å². The molecule has 1 unspecified atom stereocenters. The minimum absolute atomic E-state index is 0.0463. The molecule has 6 heteroatoms. The third kappa shape index (κ3) is 2.68. The number of ether oxygens (including phenoxy) is 1. The van der Waals surface area contributed by atoms with Gasteiger partial charge in [-0.25, -0.2) is 9.78 Å². The molecule has 1 saturated heterocycles. The Balaban J connectivity index is 2.43. The maximum absolute atomic E-state index is 12.0. The Labute approximate surface area is 119 Å². The van der Waals surface area contributed by atoms with Crippen molar-refractivity contribution in [3.05, 3.63) is 35.1 Å². The first-order valence-corrected chi connectivity index (χ1v) is 6.53. The highest BCUT2D eigenvalue weighted by Crippen LogP contribution is 2.30. The molecule has 1 aromatic rings. The van der Waals surface area contributed by atoms with Crippen LogP contribution in [0, 0.1) is 5.92 Å². The zero-order valence-corrected chi connectivity index (χ0v) is 12.0. The molecule has 2 rings (SSSR count). The van der Waals surface area contributed by atoms with Gasteiger partial charge in [-0.1, -0.05) is 6.08 Å². The van der Waals surface area contributed by atoms with E-state index in [1.54, 1.807) is 17.0 Å². The smallest absolute Gasteiger partial charge is 0.358 e. The summed E-state index contributed by atoms with van der Waals surface area (Å²) in [7, 11) is 1.29. The summed E-state index contributed by atoms with van der Waals surface area (Å²) in [6.45, 7) is 4.21. The largest absolute Gasteiger partial charge is 0.464 e. The normalized spacial score (nSPS) is 18.5. The lowest BCUT2D eigenvalue weighted by atomic mass is 10.1. The molecule has 1 fully saturated rings. The van der Waals surface area contributed by atoms with E-state index in [0.29, 0.717) is 23.1 Å². The van der Waals surface area contributed by atoms with Crippen molar-refractivity contribution in [3.8, 4) is 0 Å². The van der Waals surface area contributed by atoms with Crippen molar-refractivity contribution in [3.63, 3.8) is 0 Å². The number of hydrogen-bond acceptors (Lipinski definition) is 4. The molecule has 19 heavy (non-hydrogen) atoms. The molecule has 0 bridgehead atoms. The van der Waals surface area contributed by atoms with Gasteiger partial charge in [-0.2, -0.15) is 0 Å². The van der Waals surface area contributed by atoms with Gasteiger partial charge in [0, 0.05) is 29.6 Å². The average molecular weight is 325 g/mol. The van der Waals surface area contributed by atoms with Crippen LogP contribution in [0.25, 0.3) is 0 Å². The maximum Gasteiger partial charge on any atom is 0.358 e. The van der Waals surface area contributed by atoms with Crippen LogP contribution in [0.2, 0.25) is 0 Å². The molecule has 0 aromatic carbocycles. The minimum Gasteiger partial charge on any atom is -0.464 e. The molecule has 0 aliphatic carbocycles. The summed E-state index contributed by atoms with van der Waals surface area (Å²) in [5, 5.41) is 0. The highest BCUT2D eigenvalue weighted by molar-refractivity contribution is 9.10. The zero-order chi connectivity index (χ0) is 14.0. The van der Waals surface area contributed by atoms with Crippen LogP contribution in [0.1, 0.15) is 16.9 Å². The van der Waals surface area contributed by atoms with Crippen molar-refractivity contribution in [1.29, 1.82) is 0 Å². The van der Waals surface area contributed by atoms with Crippen LogP contribution in [-0.2, 0) is 9.53 Å².